The highest BCUT2D eigenvalue weighted by molar-refractivity contribution is 7.99. The van der Waals surface area contributed by atoms with Gasteiger partial charge in [0.2, 0.25) is 0 Å². The van der Waals surface area contributed by atoms with E-state index in [-0.39, 0.29) is 6.04 Å². The molecule has 1 atom stereocenters. The van der Waals surface area contributed by atoms with E-state index in [0.717, 1.165) is 36.1 Å². The largest absolute Gasteiger partial charge is 0.321 e. The Kier molecular flexibility index (Phi) is 6.02. The summed E-state index contributed by atoms with van der Waals surface area (Å²) in [7, 11) is 0. The van der Waals surface area contributed by atoms with E-state index in [2.05, 4.69) is 40.4 Å². The standard InChI is InChI=1S/C16H22N4S/c1-3-8-14(17)15-18-19-16(21-11-4-2)20(15)12-13-9-6-5-7-10-13/h4-7,9-10,14H,2-3,8,11-12,17H2,1H3. The van der Waals surface area contributed by atoms with Crippen LogP contribution < -0.4 is 5.73 Å². The van der Waals surface area contributed by atoms with Crippen molar-refractivity contribution < 1.29 is 0 Å². The van der Waals surface area contributed by atoms with Crippen LogP contribution in [0, 0.1) is 0 Å². The van der Waals surface area contributed by atoms with Gasteiger partial charge in [-0.1, -0.05) is 61.5 Å². The van der Waals surface area contributed by atoms with Gasteiger partial charge in [-0.15, -0.1) is 16.8 Å². The molecular formula is C16H22N4S. The molecule has 0 bridgehead atoms. The molecular weight excluding hydrogens is 280 g/mol. The lowest BCUT2D eigenvalue weighted by Gasteiger charge is -2.14. The van der Waals surface area contributed by atoms with E-state index in [1.54, 1.807) is 11.8 Å². The Hall–Kier alpha value is -1.59. The summed E-state index contributed by atoms with van der Waals surface area (Å²) in [6, 6.07) is 10.3. The molecule has 0 aliphatic carbocycles. The minimum absolute atomic E-state index is 0.0655. The topological polar surface area (TPSA) is 56.7 Å². The SMILES string of the molecule is C=CCSc1nnc(C(N)CCC)n1Cc1ccccc1. The van der Waals surface area contributed by atoms with Crippen molar-refractivity contribution in [2.45, 2.75) is 37.5 Å². The van der Waals surface area contributed by atoms with E-state index in [4.69, 9.17) is 5.73 Å². The number of hydrogen-bond acceptors (Lipinski definition) is 4. The van der Waals surface area contributed by atoms with Crippen molar-refractivity contribution in [3.05, 3.63) is 54.4 Å². The van der Waals surface area contributed by atoms with Crippen LogP contribution in [0.15, 0.2) is 48.1 Å². The number of hydrogen-bond donors (Lipinski definition) is 1. The molecule has 0 radical (unpaired) electrons. The number of thioether (sulfide) groups is 1. The number of nitrogens with two attached hydrogens (primary N) is 1. The van der Waals surface area contributed by atoms with Crippen molar-refractivity contribution in [3.8, 4) is 0 Å². The van der Waals surface area contributed by atoms with Crippen molar-refractivity contribution >= 4 is 11.8 Å². The van der Waals surface area contributed by atoms with Gasteiger partial charge in [-0.2, -0.15) is 0 Å². The highest BCUT2D eigenvalue weighted by Gasteiger charge is 2.17. The van der Waals surface area contributed by atoms with Crippen LogP contribution in [0.25, 0.3) is 0 Å². The lowest BCUT2D eigenvalue weighted by Crippen LogP contribution is -2.17. The maximum absolute atomic E-state index is 6.25. The quantitative estimate of drug-likeness (QED) is 0.600. The first-order valence-electron chi connectivity index (χ1n) is 7.22. The first-order valence-corrected chi connectivity index (χ1v) is 8.21. The molecule has 0 fully saturated rings. The van der Waals surface area contributed by atoms with Crippen LogP contribution in [0.5, 0.6) is 0 Å². The van der Waals surface area contributed by atoms with Crippen LogP contribution in [-0.4, -0.2) is 20.5 Å². The molecule has 2 N–H and O–H groups in total. The average Bonchev–Trinajstić information content (AvgIpc) is 2.89. The summed E-state index contributed by atoms with van der Waals surface area (Å²) in [5, 5.41) is 9.52. The summed E-state index contributed by atoms with van der Waals surface area (Å²) < 4.78 is 2.13. The molecule has 2 rings (SSSR count). The summed E-state index contributed by atoms with van der Waals surface area (Å²) in [6.07, 6.45) is 3.82. The second-order valence-corrected chi connectivity index (χ2v) is 5.89. The minimum atomic E-state index is -0.0655. The normalized spacial score (nSPS) is 12.3. The van der Waals surface area contributed by atoms with Gasteiger partial charge < -0.3 is 10.3 Å². The fraction of sp³-hybridized carbons (Fsp3) is 0.375. The maximum atomic E-state index is 6.25. The first kappa shape index (κ1) is 15.8. The van der Waals surface area contributed by atoms with Crippen LogP contribution in [0.2, 0.25) is 0 Å². The number of benzene rings is 1. The monoisotopic (exact) mass is 302 g/mol. The summed E-state index contributed by atoms with van der Waals surface area (Å²) in [4.78, 5) is 0. The van der Waals surface area contributed by atoms with Gasteiger partial charge in [0.25, 0.3) is 0 Å². The van der Waals surface area contributed by atoms with Crippen molar-refractivity contribution in [1.82, 2.24) is 14.8 Å². The smallest absolute Gasteiger partial charge is 0.191 e. The molecule has 1 aromatic carbocycles. The highest BCUT2D eigenvalue weighted by atomic mass is 32.2. The van der Waals surface area contributed by atoms with E-state index < -0.39 is 0 Å². The van der Waals surface area contributed by atoms with Crippen LogP contribution in [0.4, 0.5) is 0 Å². The fourth-order valence-corrected chi connectivity index (χ4v) is 2.85. The molecule has 0 spiro atoms. The van der Waals surface area contributed by atoms with Gasteiger partial charge in [-0.05, 0) is 12.0 Å². The third kappa shape index (κ3) is 4.19. The summed E-state index contributed by atoms with van der Waals surface area (Å²) in [6.45, 7) is 6.64. The lowest BCUT2D eigenvalue weighted by atomic mass is 10.1. The van der Waals surface area contributed by atoms with Crippen LogP contribution >= 0.6 is 11.8 Å². The molecule has 0 saturated carbocycles. The summed E-state index contributed by atoms with van der Waals surface area (Å²) >= 11 is 1.64. The van der Waals surface area contributed by atoms with Gasteiger partial charge in [0, 0.05) is 5.75 Å². The highest BCUT2D eigenvalue weighted by Crippen LogP contribution is 2.23. The average molecular weight is 302 g/mol. The Labute approximate surface area is 130 Å². The second kappa shape index (κ2) is 8.00. The summed E-state index contributed by atoms with van der Waals surface area (Å²) in [5.74, 6) is 1.68. The first-order chi connectivity index (χ1) is 10.3. The predicted molar refractivity (Wildman–Crippen MR) is 88.3 cm³/mol. The number of nitrogens with zero attached hydrogens (tertiary/aromatic N) is 3. The van der Waals surface area contributed by atoms with Crippen molar-refractivity contribution in [2.75, 3.05) is 5.75 Å². The molecule has 0 aliphatic heterocycles. The molecule has 1 unspecified atom stereocenters. The molecule has 5 heteroatoms. The van der Waals surface area contributed by atoms with Gasteiger partial charge in [0.15, 0.2) is 11.0 Å². The fourth-order valence-electron chi connectivity index (χ4n) is 2.17. The Morgan fingerprint density at radius 1 is 1.33 bits per heavy atom. The third-order valence-electron chi connectivity index (χ3n) is 3.19. The number of rotatable bonds is 8. The van der Waals surface area contributed by atoms with Crippen molar-refractivity contribution in [3.63, 3.8) is 0 Å². The van der Waals surface area contributed by atoms with Gasteiger partial charge in [0.05, 0.1) is 12.6 Å². The molecule has 112 valence electrons. The molecule has 21 heavy (non-hydrogen) atoms. The van der Waals surface area contributed by atoms with Gasteiger partial charge in [-0.25, -0.2) is 0 Å². The Bertz CT molecular complexity index is 565. The van der Waals surface area contributed by atoms with E-state index >= 15 is 0 Å². The molecule has 1 aromatic heterocycles. The molecule has 0 amide bonds. The number of aromatic nitrogens is 3. The minimum Gasteiger partial charge on any atom is -0.321 e. The molecule has 1 heterocycles. The predicted octanol–water partition coefficient (Wildman–Crippen LogP) is 3.40. The van der Waals surface area contributed by atoms with Gasteiger partial charge in [0.1, 0.15) is 0 Å². The maximum Gasteiger partial charge on any atom is 0.191 e. The van der Waals surface area contributed by atoms with Crippen LogP contribution in [0.1, 0.15) is 37.2 Å². The van der Waals surface area contributed by atoms with Gasteiger partial charge >= 0.3 is 0 Å². The van der Waals surface area contributed by atoms with E-state index in [1.807, 2.05) is 24.3 Å². The summed E-state index contributed by atoms with van der Waals surface area (Å²) in [5.41, 5.74) is 7.47. The zero-order valence-electron chi connectivity index (χ0n) is 12.4. The van der Waals surface area contributed by atoms with Crippen LogP contribution in [-0.2, 0) is 6.54 Å². The van der Waals surface area contributed by atoms with Crippen LogP contribution in [0.3, 0.4) is 0 Å². The van der Waals surface area contributed by atoms with Crippen molar-refractivity contribution in [1.29, 1.82) is 0 Å². The third-order valence-corrected chi connectivity index (χ3v) is 4.15. The Morgan fingerprint density at radius 3 is 2.76 bits per heavy atom. The Balaban J connectivity index is 2.28. The molecule has 0 aliphatic rings. The Morgan fingerprint density at radius 2 is 2.10 bits per heavy atom. The van der Waals surface area contributed by atoms with Crippen molar-refractivity contribution in [2.24, 2.45) is 5.73 Å². The van der Waals surface area contributed by atoms with Gasteiger partial charge in [-0.3, -0.25) is 0 Å². The van der Waals surface area contributed by atoms with E-state index in [1.165, 1.54) is 5.56 Å². The zero-order chi connectivity index (χ0) is 15.1. The molecule has 2 aromatic rings. The van der Waals surface area contributed by atoms with E-state index in [0.29, 0.717) is 0 Å². The zero-order valence-corrected chi connectivity index (χ0v) is 13.2. The lowest BCUT2D eigenvalue weighted by molar-refractivity contribution is 0.552. The molecule has 0 saturated heterocycles. The van der Waals surface area contributed by atoms with E-state index in [9.17, 15) is 0 Å². The second-order valence-electron chi connectivity index (χ2n) is 4.91. The molecule has 4 nitrogen and oxygen atoms in total.